The minimum Gasteiger partial charge on any atom is -0.378 e. The number of morpholine rings is 2. The summed E-state index contributed by atoms with van der Waals surface area (Å²) in [6, 6.07) is 5.96. The molecule has 0 saturated carbocycles. The van der Waals surface area contributed by atoms with Crippen LogP contribution in [0, 0.1) is 0 Å². The monoisotopic (exact) mass is 509 g/mol. The highest BCUT2D eigenvalue weighted by molar-refractivity contribution is 7.17. The Labute approximate surface area is 213 Å². The Hall–Kier alpha value is -2.95. The van der Waals surface area contributed by atoms with Crippen LogP contribution in [0.5, 0.6) is 0 Å². The van der Waals surface area contributed by atoms with Crippen LogP contribution in [-0.4, -0.2) is 84.3 Å². The molecule has 6 rings (SSSR count). The summed E-state index contributed by atoms with van der Waals surface area (Å²) in [6.45, 7) is 8.41. The number of benzene rings is 1. The van der Waals surface area contributed by atoms with Crippen molar-refractivity contribution in [3.63, 3.8) is 0 Å². The molecule has 0 spiro atoms. The van der Waals surface area contributed by atoms with Crippen molar-refractivity contribution in [3.05, 3.63) is 46.1 Å². The first kappa shape index (κ1) is 23.4. The van der Waals surface area contributed by atoms with E-state index in [1.54, 1.807) is 0 Å². The molecule has 9 nitrogen and oxygen atoms in total. The Kier molecular flexibility index (Phi) is 5.97. The summed E-state index contributed by atoms with van der Waals surface area (Å²) in [5.74, 6) is 0.00782. The van der Waals surface area contributed by atoms with Crippen molar-refractivity contribution in [2.45, 2.75) is 38.3 Å². The third-order valence-electron chi connectivity index (χ3n) is 7.20. The lowest BCUT2D eigenvalue weighted by atomic mass is 9.94. The second kappa shape index (κ2) is 9.17. The largest absolute Gasteiger partial charge is 0.378 e. The molecule has 3 aromatic rings. The summed E-state index contributed by atoms with van der Waals surface area (Å²) in [6.07, 6.45) is 3.50. The Morgan fingerprint density at radius 3 is 2.83 bits per heavy atom. The number of carbonyl (C=O) groups excluding carboxylic acids is 2. The van der Waals surface area contributed by atoms with Gasteiger partial charge in [0.1, 0.15) is 4.88 Å². The SMILES string of the molecule is CC1(C)Cc2nc(N3CCOC[C@@H]3Cc3c[nH]c4ccc(C(=O)N5CCOCC5)cc34)sc2C(=O)N1. The molecular formula is C26H31N5O4S. The highest BCUT2D eigenvalue weighted by atomic mass is 32.1. The molecule has 0 unspecified atom stereocenters. The molecule has 2 N–H and O–H groups in total. The quantitative estimate of drug-likeness (QED) is 0.561. The number of amides is 2. The number of aromatic amines is 1. The summed E-state index contributed by atoms with van der Waals surface area (Å²) >= 11 is 1.47. The van der Waals surface area contributed by atoms with Crippen molar-refractivity contribution >= 4 is 39.2 Å². The van der Waals surface area contributed by atoms with E-state index in [4.69, 9.17) is 14.5 Å². The topological polar surface area (TPSA) is 99.8 Å². The van der Waals surface area contributed by atoms with E-state index in [-0.39, 0.29) is 23.4 Å². The van der Waals surface area contributed by atoms with Crippen molar-refractivity contribution in [1.82, 2.24) is 20.2 Å². The van der Waals surface area contributed by atoms with Crippen molar-refractivity contribution in [1.29, 1.82) is 0 Å². The summed E-state index contributed by atoms with van der Waals surface area (Å²) in [5.41, 5.74) is 3.44. The number of aromatic nitrogens is 2. The zero-order valence-corrected chi connectivity index (χ0v) is 21.5. The predicted molar refractivity (Wildman–Crippen MR) is 138 cm³/mol. The van der Waals surface area contributed by atoms with Crippen molar-refractivity contribution < 1.29 is 19.1 Å². The lowest BCUT2D eigenvalue weighted by Crippen LogP contribution is -2.48. The van der Waals surface area contributed by atoms with E-state index in [1.807, 2.05) is 43.1 Å². The maximum absolute atomic E-state index is 13.1. The third-order valence-corrected chi connectivity index (χ3v) is 8.33. The van der Waals surface area contributed by atoms with Crippen molar-refractivity contribution in [3.8, 4) is 0 Å². The molecule has 5 heterocycles. The van der Waals surface area contributed by atoms with Gasteiger partial charge < -0.3 is 29.6 Å². The molecule has 190 valence electrons. The van der Waals surface area contributed by atoms with Gasteiger partial charge in [-0.1, -0.05) is 11.3 Å². The number of ether oxygens (including phenoxy) is 2. The normalized spacial score (nSPS) is 21.9. The van der Waals surface area contributed by atoms with Crippen LogP contribution in [0.15, 0.2) is 24.4 Å². The van der Waals surface area contributed by atoms with Crippen LogP contribution < -0.4 is 10.2 Å². The lowest BCUT2D eigenvalue weighted by Gasteiger charge is -2.35. The fraction of sp³-hybridized carbons (Fsp3) is 0.500. The Bertz CT molecular complexity index is 1310. The maximum Gasteiger partial charge on any atom is 0.263 e. The third kappa shape index (κ3) is 4.38. The highest BCUT2D eigenvalue weighted by Crippen LogP contribution is 2.34. The zero-order chi connectivity index (χ0) is 24.9. The molecule has 2 amide bonds. The average Bonchev–Trinajstić information content (AvgIpc) is 3.48. The molecule has 3 aliphatic rings. The smallest absolute Gasteiger partial charge is 0.263 e. The van der Waals surface area contributed by atoms with Crippen LogP contribution in [0.1, 0.15) is 45.1 Å². The van der Waals surface area contributed by atoms with Gasteiger partial charge in [0.15, 0.2) is 5.13 Å². The van der Waals surface area contributed by atoms with Crippen LogP contribution in [0.2, 0.25) is 0 Å². The van der Waals surface area contributed by atoms with Crippen LogP contribution >= 0.6 is 11.3 Å². The van der Waals surface area contributed by atoms with E-state index in [2.05, 4.69) is 15.2 Å². The number of anilines is 1. The van der Waals surface area contributed by atoms with E-state index in [1.165, 1.54) is 11.3 Å². The van der Waals surface area contributed by atoms with Gasteiger partial charge in [0, 0.05) is 54.3 Å². The molecule has 3 aliphatic heterocycles. The first-order chi connectivity index (χ1) is 17.4. The van der Waals surface area contributed by atoms with E-state index in [9.17, 15) is 9.59 Å². The van der Waals surface area contributed by atoms with Crippen LogP contribution in [-0.2, 0) is 22.3 Å². The van der Waals surface area contributed by atoms with Gasteiger partial charge in [-0.05, 0) is 44.0 Å². The number of hydrogen-bond donors (Lipinski definition) is 2. The molecule has 1 aromatic carbocycles. The second-order valence-corrected chi connectivity index (χ2v) is 11.4. The number of H-pyrrole nitrogens is 1. The number of thiazole rings is 1. The van der Waals surface area contributed by atoms with Crippen LogP contribution in [0.4, 0.5) is 5.13 Å². The van der Waals surface area contributed by atoms with Gasteiger partial charge in [-0.2, -0.15) is 0 Å². The number of carbonyl (C=O) groups is 2. The van der Waals surface area contributed by atoms with Crippen molar-refractivity contribution in [2.24, 2.45) is 0 Å². The first-order valence-corrected chi connectivity index (χ1v) is 13.3. The van der Waals surface area contributed by atoms with Crippen LogP contribution in [0.3, 0.4) is 0 Å². The standard InChI is InChI=1S/C26H31N5O4S/c1-26(2)13-21-22(23(32)29-26)36-25(28-21)31-7-10-35-15-18(31)11-17-14-27-20-4-3-16(12-19(17)20)24(33)30-5-8-34-9-6-30/h3-4,12,14,18,27H,5-11,13,15H2,1-2H3,(H,29,32)/t18-/m0/s1. The summed E-state index contributed by atoms with van der Waals surface area (Å²) < 4.78 is 11.3. The van der Waals surface area contributed by atoms with E-state index < -0.39 is 0 Å². The van der Waals surface area contributed by atoms with Crippen molar-refractivity contribution in [2.75, 3.05) is 51.0 Å². The Morgan fingerprint density at radius 2 is 2.00 bits per heavy atom. The van der Waals surface area contributed by atoms with Gasteiger partial charge in [-0.25, -0.2) is 4.98 Å². The summed E-state index contributed by atoms with van der Waals surface area (Å²) in [7, 11) is 0. The minimum absolute atomic E-state index is 0.0381. The molecule has 2 aromatic heterocycles. The molecular weight excluding hydrogens is 478 g/mol. The van der Waals surface area contributed by atoms with Gasteiger partial charge in [0.05, 0.1) is 38.2 Å². The lowest BCUT2D eigenvalue weighted by molar-refractivity contribution is 0.0303. The Morgan fingerprint density at radius 1 is 1.19 bits per heavy atom. The molecule has 10 heteroatoms. The van der Waals surface area contributed by atoms with Gasteiger partial charge in [-0.15, -0.1) is 0 Å². The van der Waals surface area contributed by atoms with E-state index >= 15 is 0 Å². The molecule has 0 radical (unpaired) electrons. The fourth-order valence-electron chi connectivity index (χ4n) is 5.35. The average molecular weight is 510 g/mol. The molecule has 2 fully saturated rings. The van der Waals surface area contributed by atoms with Gasteiger partial charge in [0.2, 0.25) is 0 Å². The predicted octanol–water partition coefficient (Wildman–Crippen LogP) is 2.61. The number of fused-ring (bicyclic) bond motifs is 2. The van der Waals surface area contributed by atoms with Gasteiger partial charge >= 0.3 is 0 Å². The molecule has 1 atom stereocenters. The van der Waals surface area contributed by atoms with Crippen LogP contribution in [0.25, 0.3) is 10.9 Å². The number of nitrogens with one attached hydrogen (secondary N) is 2. The zero-order valence-electron chi connectivity index (χ0n) is 20.6. The fourth-order valence-corrected chi connectivity index (χ4v) is 6.42. The molecule has 0 bridgehead atoms. The minimum atomic E-state index is -0.291. The van der Waals surface area contributed by atoms with Gasteiger partial charge in [0.25, 0.3) is 11.8 Å². The molecule has 0 aliphatic carbocycles. The maximum atomic E-state index is 13.1. The highest BCUT2D eigenvalue weighted by Gasteiger charge is 2.35. The van der Waals surface area contributed by atoms with E-state index in [0.717, 1.165) is 46.7 Å². The number of nitrogens with zero attached hydrogens (tertiary/aromatic N) is 3. The first-order valence-electron chi connectivity index (χ1n) is 12.5. The summed E-state index contributed by atoms with van der Waals surface area (Å²) in [5, 5.41) is 5.01. The van der Waals surface area contributed by atoms with Gasteiger partial charge in [-0.3, -0.25) is 9.59 Å². The summed E-state index contributed by atoms with van der Waals surface area (Å²) in [4.78, 5) is 38.9. The second-order valence-electron chi connectivity index (χ2n) is 10.4. The van der Waals surface area contributed by atoms with E-state index in [0.29, 0.717) is 50.0 Å². The molecule has 36 heavy (non-hydrogen) atoms. The number of rotatable bonds is 4. The molecule has 2 saturated heterocycles. The number of hydrogen-bond acceptors (Lipinski definition) is 7. The Balaban J connectivity index is 1.26.